The Kier molecular flexibility index (Phi) is 4.72. The number of nitrogens with one attached hydrogen (secondary N) is 1. The zero-order valence-corrected chi connectivity index (χ0v) is 12.3. The minimum Gasteiger partial charge on any atom is -0.495 e. The Labute approximate surface area is 134 Å². The highest BCUT2D eigenvalue weighted by Crippen LogP contribution is 2.35. The molecule has 0 atom stereocenters. The van der Waals surface area contributed by atoms with E-state index >= 15 is 0 Å². The van der Waals surface area contributed by atoms with Crippen molar-refractivity contribution in [3.63, 3.8) is 0 Å². The van der Waals surface area contributed by atoms with Crippen LogP contribution in [0, 0.1) is 10.1 Å². The van der Waals surface area contributed by atoms with Gasteiger partial charge < -0.3 is 10.1 Å². The van der Waals surface area contributed by atoms with Crippen LogP contribution in [0.5, 0.6) is 5.75 Å². The van der Waals surface area contributed by atoms with E-state index < -0.39 is 28.3 Å². The lowest BCUT2D eigenvalue weighted by molar-refractivity contribution is -0.385. The van der Waals surface area contributed by atoms with Gasteiger partial charge in [-0.05, 0) is 24.3 Å². The quantitative estimate of drug-likeness (QED) is 0.676. The van der Waals surface area contributed by atoms with E-state index in [1.165, 1.54) is 25.3 Å². The van der Waals surface area contributed by atoms with Crippen molar-refractivity contribution >= 4 is 17.3 Å². The van der Waals surface area contributed by atoms with Crippen molar-refractivity contribution < 1.29 is 27.6 Å². The first-order chi connectivity index (χ1) is 11.2. The Morgan fingerprint density at radius 1 is 1.21 bits per heavy atom. The van der Waals surface area contributed by atoms with Gasteiger partial charge in [-0.3, -0.25) is 14.9 Å². The average molecular weight is 340 g/mol. The molecular formula is C15H11F3N2O4. The number of hydrogen-bond acceptors (Lipinski definition) is 4. The first kappa shape index (κ1) is 17.3. The van der Waals surface area contributed by atoms with Crippen molar-refractivity contribution in [2.75, 3.05) is 12.4 Å². The fourth-order valence-corrected chi connectivity index (χ4v) is 2.00. The summed E-state index contributed by atoms with van der Waals surface area (Å²) in [5, 5.41) is 13.2. The fourth-order valence-electron chi connectivity index (χ4n) is 2.00. The van der Waals surface area contributed by atoms with E-state index in [1.54, 1.807) is 0 Å². The average Bonchev–Trinajstić information content (AvgIpc) is 2.53. The number of amides is 1. The second-order valence-corrected chi connectivity index (χ2v) is 4.64. The van der Waals surface area contributed by atoms with Gasteiger partial charge in [0.25, 0.3) is 11.6 Å². The van der Waals surface area contributed by atoms with Gasteiger partial charge in [-0.1, -0.05) is 12.1 Å². The molecule has 9 heteroatoms. The van der Waals surface area contributed by atoms with E-state index in [4.69, 9.17) is 4.74 Å². The normalized spacial score (nSPS) is 11.0. The number of hydrogen-bond donors (Lipinski definition) is 1. The van der Waals surface area contributed by atoms with Gasteiger partial charge in [0.2, 0.25) is 0 Å². The summed E-state index contributed by atoms with van der Waals surface area (Å²) in [5.41, 5.74) is -1.96. The van der Waals surface area contributed by atoms with Crippen molar-refractivity contribution in [2.24, 2.45) is 0 Å². The molecule has 0 saturated carbocycles. The minimum absolute atomic E-state index is 0.00469. The van der Waals surface area contributed by atoms with Gasteiger partial charge >= 0.3 is 6.18 Å². The zero-order valence-electron chi connectivity index (χ0n) is 12.3. The van der Waals surface area contributed by atoms with Crippen LogP contribution in [0.3, 0.4) is 0 Å². The van der Waals surface area contributed by atoms with Gasteiger partial charge in [-0.2, -0.15) is 13.2 Å². The third kappa shape index (κ3) is 3.62. The van der Waals surface area contributed by atoms with Gasteiger partial charge in [-0.25, -0.2) is 0 Å². The zero-order chi connectivity index (χ0) is 17.9. The molecule has 0 aliphatic carbocycles. The molecule has 0 heterocycles. The molecule has 1 N–H and O–H groups in total. The van der Waals surface area contributed by atoms with Gasteiger partial charge in [0.1, 0.15) is 11.3 Å². The Morgan fingerprint density at radius 3 is 2.46 bits per heavy atom. The van der Waals surface area contributed by atoms with Gasteiger partial charge in [0.15, 0.2) is 0 Å². The molecule has 6 nitrogen and oxygen atoms in total. The fraction of sp³-hybridized carbons (Fsp3) is 0.133. The summed E-state index contributed by atoms with van der Waals surface area (Å²) in [7, 11) is 1.23. The number of nitrogens with zero attached hydrogens (tertiary/aromatic N) is 1. The van der Waals surface area contributed by atoms with Crippen molar-refractivity contribution in [3.05, 3.63) is 63.7 Å². The van der Waals surface area contributed by atoms with Crippen LogP contribution in [0.1, 0.15) is 15.9 Å². The Hall–Kier alpha value is -3.10. The van der Waals surface area contributed by atoms with Crippen LogP contribution in [0.2, 0.25) is 0 Å². The smallest absolute Gasteiger partial charge is 0.416 e. The van der Waals surface area contributed by atoms with Crippen molar-refractivity contribution in [1.82, 2.24) is 0 Å². The first-order valence-electron chi connectivity index (χ1n) is 6.54. The van der Waals surface area contributed by atoms with Crippen LogP contribution in [-0.4, -0.2) is 17.9 Å². The molecule has 0 fully saturated rings. The summed E-state index contributed by atoms with van der Waals surface area (Å²) < 4.78 is 43.3. The van der Waals surface area contributed by atoms with E-state index in [9.17, 15) is 28.1 Å². The Bertz CT molecular complexity index is 791. The third-order valence-corrected chi connectivity index (χ3v) is 3.12. The molecule has 0 aliphatic rings. The topological polar surface area (TPSA) is 81.5 Å². The van der Waals surface area contributed by atoms with Gasteiger partial charge in [-0.15, -0.1) is 0 Å². The van der Waals surface area contributed by atoms with Crippen LogP contribution < -0.4 is 10.1 Å². The summed E-state index contributed by atoms with van der Waals surface area (Å²) in [5.74, 6) is -0.921. The number of para-hydroxylation sites is 1. The molecule has 0 spiro atoms. The highest BCUT2D eigenvalue weighted by Gasteiger charge is 2.31. The number of rotatable bonds is 4. The van der Waals surface area contributed by atoms with Crippen LogP contribution in [0.15, 0.2) is 42.5 Å². The van der Waals surface area contributed by atoms with Crippen molar-refractivity contribution in [1.29, 1.82) is 0 Å². The Balaban J connectivity index is 2.40. The van der Waals surface area contributed by atoms with Crippen molar-refractivity contribution in [2.45, 2.75) is 6.18 Å². The lowest BCUT2D eigenvalue weighted by Crippen LogP contribution is -2.15. The van der Waals surface area contributed by atoms with Gasteiger partial charge in [0.05, 0.1) is 23.3 Å². The van der Waals surface area contributed by atoms with E-state index in [0.29, 0.717) is 6.07 Å². The molecule has 2 aromatic carbocycles. The number of carbonyl (C=O) groups is 1. The van der Waals surface area contributed by atoms with Crippen LogP contribution in [-0.2, 0) is 6.18 Å². The Morgan fingerprint density at radius 2 is 1.88 bits per heavy atom. The molecular weight excluding hydrogens is 329 g/mol. The van der Waals surface area contributed by atoms with Crippen LogP contribution in [0.25, 0.3) is 0 Å². The van der Waals surface area contributed by atoms with E-state index in [1.807, 2.05) is 0 Å². The first-order valence-corrected chi connectivity index (χ1v) is 6.54. The van der Waals surface area contributed by atoms with Crippen LogP contribution >= 0.6 is 0 Å². The summed E-state index contributed by atoms with van der Waals surface area (Å²) in [6, 6.07) is 7.67. The number of nitro benzene ring substituents is 1. The number of anilines is 1. The highest BCUT2D eigenvalue weighted by atomic mass is 19.4. The predicted molar refractivity (Wildman–Crippen MR) is 79.0 cm³/mol. The van der Waals surface area contributed by atoms with Crippen LogP contribution in [0.4, 0.5) is 24.5 Å². The molecule has 0 radical (unpaired) electrons. The molecule has 0 aromatic heterocycles. The number of halogens is 3. The molecule has 126 valence electrons. The largest absolute Gasteiger partial charge is 0.495 e. The monoisotopic (exact) mass is 340 g/mol. The van der Waals surface area contributed by atoms with E-state index in [2.05, 4.69) is 5.32 Å². The summed E-state index contributed by atoms with van der Waals surface area (Å²) in [4.78, 5) is 22.4. The molecule has 2 rings (SSSR count). The molecule has 0 saturated heterocycles. The number of methoxy groups -OCH3 is 1. The number of alkyl halides is 3. The number of ether oxygens (including phenoxy) is 1. The summed E-state index contributed by atoms with van der Waals surface area (Å²) in [6.07, 6.45) is -4.61. The molecule has 24 heavy (non-hydrogen) atoms. The molecule has 2 aromatic rings. The minimum atomic E-state index is -4.61. The standard InChI is InChI=1S/C15H11F3N2O4/c1-24-13-7-6-9(15(16,17)18)8-11(13)19-14(21)10-4-2-3-5-12(10)20(22)23/h2-8H,1H3,(H,19,21). The number of nitro groups is 1. The molecule has 1 amide bonds. The third-order valence-electron chi connectivity index (χ3n) is 3.12. The lowest BCUT2D eigenvalue weighted by Gasteiger charge is -2.13. The maximum absolute atomic E-state index is 12.8. The highest BCUT2D eigenvalue weighted by molar-refractivity contribution is 6.07. The number of benzene rings is 2. The maximum atomic E-state index is 12.8. The SMILES string of the molecule is COc1ccc(C(F)(F)F)cc1NC(=O)c1ccccc1[N+](=O)[O-]. The maximum Gasteiger partial charge on any atom is 0.416 e. The van der Waals surface area contributed by atoms with E-state index in [-0.39, 0.29) is 17.0 Å². The van der Waals surface area contributed by atoms with Gasteiger partial charge in [0, 0.05) is 6.07 Å². The molecule has 0 unspecified atom stereocenters. The lowest BCUT2D eigenvalue weighted by atomic mass is 10.1. The predicted octanol–water partition coefficient (Wildman–Crippen LogP) is 3.87. The second kappa shape index (κ2) is 6.57. The van der Waals surface area contributed by atoms with Crippen molar-refractivity contribution in [3.8, 4) is 5.75 Å². The molecule has 0 bridgehead atoms. The molecule has 0 aliphatic heterocycles. The second-order valence-electron chi connectivity index (χ2n) is 4.64. The van der Waals surface area contributed by atoms with E-state index in [0.717, 1.165) is 18.2 Å². The number of carbonyl (C=O) groups excluding carboxylic acids is 1. The summed E-state index contributed by atoms with van der Waals surface area (Å²) >= 11 is 0. The summed E-state index contributed by atoms with van der Waals surface area (Å²) in [6.45, 7) is 0.